The van der Waals surface area contributed by atoms with E-state index < -0.39 is 0 Å². The summed E-state index contributed by atoms with van der Waals surface area (Å²) >= 11 is 0. The number of phenols is 1. The first-order chi connectivity index (χ1) is 17.4. The minimum atomic E-state index is -0.341. The summed E-state index contributed by atoms with van der Waals surface area (Å²) in [6, 6.07) is 8.86. The maximum atomic E-state index is 14.1. The number of carbonyl (C=O) groups excluding carboxylic acids is 1. The van der Waals surface area contributed by atoms with Crippen LogP contribution < -0.4 is 10.1 Å². The zero-order chi connectivity index (χ0) is 25.7. The van der Waals surface area contributed by atoms with Gasteiger partial charge in [0.15, 0.2) is 11.5 Å². The molecule has 5 rings (SSSR count). The first kappa shape index (κ1) is 25.6. The van der Waals surface area contributed by atoms with Crippen LogP contribution in [0.25, 0.3) is 10.9 Å². The minimum absolute atomic E-state index is 0.0300. The van der Waals surface area contributed by atoms with E-state index in [-0.39, 0.29) is 11.6 Å². The number of nitrogens with one attached hydrogen (secondary N) is 1. The summed E-state index contributed by atoms with van der Waals surface area (Å²) in [5.74, 6) is 0.651. The Bertz CT molecular complexity index is 1220. The maximum Gasteiger partial charge on any atom is 0.236 e. The van der Waals surface area contributed by atoms with E-state index in [1.807, 2.05) is 11.9 Å². The molecule has 1 aliphatic carbocycles. The Labute approximate surface area is 211 Å². The second-order valence-corrected chi connectivity index (χ2v) is 9.40. The molecule has 1 saturated heterocycles. The van der Waals surface area contributed by atoms with Gasteiger partial charge in [-0.1, -0.05) is 31.4 Å². The summed E-state index contributed by atoms with van der Waals surface area (Å²) in [5.41, 5.74) is 1.43. The maximum absolute atomic E-state index is 14.1. The Balaban J connectivity index is 0.000000187. The van der Waals surface area contributed by atoms with Crippen molar-refractivity contribution in [1.29, 1.82) is 0 Å². The number of halogens is 1. The molecule has 0 radical (unpaired) electrons. The molecule has 192 valence electrons. The largest absolute Gasteiger partial charge is 0.504 e. The van der Waals surface area contributed by atoms with Gasteiger partial charge in [-0.05, 0) is 37.5 Å². The Morgan fingerprint density at radius 3 is 2.64 bits per heavy atom. The van der Waals surface area contributed by atoms with Gasteiger partial charge in [-0.15, -0.1) is 0 Å². The van der Waals surface area contributed by atoms with E-state index in [2.05, 4.69) is 20.2 Å². The molecule has 0 atom stereocenters. The van der Waals surface area contributed by atoms with Gasteiger partial charge in [0.1, 0.15) is 18.0 Å². The SMILES string of the molecule is CN1CCN(C2CCCCC2)CC1=O.COc1cc2ncnc(Nc3cccc(C)c3F)c2cc1O. The molecule has 9 heteroatoms. The number of piperazine rings is 1. The fourth-order valence-corrected chi connectivity index (χ4v) is 4.74. The molecule has 2 heterocycles. The summed E-state index contributed by atoms with van der Waals surface area (Å²) in [4.78, 5) is 24.0. The van der Waals surface area contributed by atoms with Crippen molar-refractivity contribution in [3.8, 4) is 11.5 Å². The van der Waals surface area contributed by atoms with E-state index in [9.17, 15) is 14.3 Å². The minimum Gasteiger partial charge on any atom is -0.504 e. The molecule has 2 N–H and O–H groups in total. The first-order valence-electron chi connectivity index (χ1n) is 12.4. The molecule has 2 aliphatic rings. The monoisotopic (exact) mass is 495 g/mol. The fraction of sp³-hybridized carbons (Fsp3) is 0.444. The van der Waals surface area contributed by atoms with Gasteiger partial charge >= 0.3 is 0 Å². The lowest BCUT2D eigenvalue weighted by Crippen LogP contribution is -2.52. The number of aryl methyl sites for hydroxylation is 1. The van der Waals surface area contributed by atoms with Crippen molar-refractivity contribution in [3.05, 3.63) is 48.0 Å². The highest BCUT2D eigenvalue weighted by Crippen LogP contribution is 2.34. The second kappa shape index (κ2) is 11.5. The zero-order valence-electron chi connectivity index (χ0n) is 21.1. The highest BCUT2D eigenvalue weighted by Gasteiger charge is 2.27. The molecule has 1 aromatic heterocycles. The molecular formula is C27H34FN5O3. The fourth-order valence-electron chi connectivity index (χ4n) is 4.74. The second-order valence-electron chi connectivity index (χ2n) is 9.40. The van der Waals surface area contributed by atoms with E-state index >= 15 is 0 Å². The summed E-state index contributed by atoms with van der Waals surface area (Å²) in [5, 5.41) is 13.4. The third kappa shape index (κ3) is 5.84. The molecule has 1 aliphatic heterocycles. The Kier molecular flexibility index (Phi) is 8.20. The molecule has 3 aromatic rings. The number of anilines is 2. The average molecular weight is 496 g/mol. The molecular weight excluding hydrogens is 461 g/mol. The predicted molar refractivity (Wildman–Crippen MR) is 138 cm³/mol. The number of ether oxygens (including phenoxy) is 1. The number of methoxy groups -OCH3 is 1. The lowest BCUT2D eigenvalue weighted by Gasteiger charge is -2.39. The van der Waals surface area contributed by atoms with Crippen LogP contribution in [0.4, 0.5) is 15.9 Å². The normalized spacial score (nSPS) is 17.0. The zero-order valence-corrected chi connectivity index (χ0v) is 21.1. The Morgan fingerprint density at radius 1 is 1.14 bits per heavy atom. The number of nitrogens with zero attached hydrogens (tertiary/aromatic N) is 4. The summed E-state index contributed by atoms with van der Waals surface area (Å²) in [7, 11) is 3.36. The highest BCUT2D eigenvalue weighted by atomic mass is 19.1. The van der Waals surface area contributed by atoms with Crippen molar-refractivity contribution < 1.29 is 19.0 Å². The molecule has 2 fully saturated rings. The van der Waals surface area contributed by atoms with Crippen LogP contribution in [0.5, 0.6) is 11.5 Å². The third-order valence-corrected chi connectivity index (χ3v) is 6.96. The van der Waals surface area contributed by atoms with Gasteiger partial charge in [0.05, 0.1) is 24.9 Å². The van der Waals surface area contributed by atoms with Crippen LogP contribution in [-0.2, 0) is 4.79 Å². The number of likely N-dealkylation sites (N-methyl/N-ethyl adjacent to an activating group) is 1. The van der Waals surface area contributed by atoms with Crippen LogP contribution >= 0.6 is 0 Å². The summed E-state index contributed by atoms with van der Waals surface area (Å²) in [6.07, 6.45) is 8.07. The van der Waals surface area contributed by atoms with Crippen LogP contribution in [0.15, 0.2) is 36.7 Å². The van der Waals surface area contributed by atoms with Crippen molar-refractivity contribution in [3.63, 3.8) is 0 Å². The number of fused-ring (bicyclic) bond motifs is 1. The van der Waals surface area contributed by atoms with Gasteiger partial charge in [-0.2, -0.15) is 0 Å². The van der Waals surface area contributed by atoms with Crippen LogP contribution in [0, 0.1) is 12.7 Å². The molecule has 0 spiro atoms. The van der Waals surface area contributed by atoms with E-state index in [0.29, 0.717) is 52.2 Å². The lowest BCUT2D eigenvalue weighted by molar-refractivity contribution is -0.135. The van der Waals surface area contributed by atoms with Crippen molar-refractivity contribution in [2.45, 2.75) is 45.1 Å². The van der Waals surface area contributed by atoms with Crippen molar-refractivity contribution in [2.75, 3.05) is 39.1 Å². The third-order valence-electron chi connectivity index (χ3n) is 6.96. The van der Waals surface area contributed by atoms with E-state index in [1.165, 1.54) is 51.6 Å². The summed E-state index contributed by atoms with van der Waals surface area (Å²) in [6.45, 7) is 4.33. The van der Waals surface area contributed by atoms with Gasteiger partial charge in [0.25, 0.3) is 0 Å². The van der Waals surface area contributed by atoms with Crippen LogP contribution in [0.2, 0.25) is 0 Å². The van der Waals surface area contributed by atoms with Crippen molar-refractivity contribution in [2.24, 2.45) is 0 Å². The number of rotatable bonds is 4. The molecule has 0 unspecified atom stereocenters. The van der Waals surface area contributed by atoms with Crippen LogP contribution in [0.3, 0.4) is 0 Å². The molecule has 8 nitrogen and oxygen atoms in total. The number of aromatic hydroxyl groups is 1. The number of hydrogen-bond acceptors (Lipinski definition) is 7. The van der Waals surface area contributed by atoms with Crippen molar-refractivity contribution >= 4 is 28.3 Å². The lowest BCUT2D eigenvalue weighted by atomic mass is 9.94. The summed E-state index contributed by atoms with van der Waals surface area (Å²) < 4.78 is 19.2. The molecule has 36 heavy (non-hydrogen) atoms. The Morgan fingerprint density at radius 2 is 1.92 bits per heavy atom. The smallest absolute Gasteiger partial charge is 0.236 e. The van der Waals surface area contributed by atoms with Gasteiger partial charge < -0.3 is 20.1 Å². The molecule has 1 amide bonds. The van der Waals surface area contributed by atoms with Gasteiger partial charge in [0.2, 0.25) is 5.91 Å². The Hall–Kier alpha value is -3.46. The van der Waals surface area contributed by atoms with Crippen LogP contribution in [-0.4, -0.2) is 70.6 Å². The molecule has 0 bridgehead atoms. The number of aromatic nitrogens is 2. The number of benzene rings is 2. The predicted octanol–water partition coefficient (Wildman–Crippen LogP) is 4.63. The van der Waals surface area contributed by atoms with E-state index in [0.717, 1.165) is 13.1 Å². The first-order valence-corrected chi connectivity index (χ1v) is 12.4. The van der Waals surface area contributed by atoms with Gasteiger partial charge in [-0.3, -0.25) is 9.69 Å². The van der Waals surface area contributed by atoms with E-state index in [4.69, 9.17) is 4.74 Å². The van der Waals surface area contributed by atoms with E-state index in [1.54, 1.807) is 31.2 Å². The standard InChI is InChI=1S/C16H14FN3O2.C11H20N2O/c1-9-4-3-5-11(15(9)17)20-16-10-6-13(21)14(22-2)7-12(10)18-8-19-16;1-12-7-8-13(9-11(12)14)10-5-3-2-4-6-10/h3-8,21H,1-2H3,(H,18,19,20);10H,2-9H2,1H3. The topological polar surface area (TPSA) is 90.8 Å². The van der Waals surface area contributed by atoms with Crippen LogP contribution in [0.1, 0.15) is 37.7 Å². The average Bonchev–Trinajstić information content (AvgIpc) is 2.89. The van der Waals surface area contributed by atoms with Gasteiger partial charge in [0, 0.05) is 37.6 Å². The molecule has 1 saturated carbocycles. The number of phenolic OH excluding ortho intramolecular Hbond substituents is 1. The number of amides is 1. The van der Waals surface area contributed by atoms with Crippen molar-refractivity contribution in [1.82, 2.24) is 19.8 Å². The molecule has 2 aromatic carbocycles. The quantitative estimate of drug-likeness (QED) is 0.545. The number of hydrogen-bond donors (Lipinski definition) is 2. The van der Waals surface area contributed by atoms with Gasteiger partial charge in [-0.25, -0.2) is 14.4 Å². The number of carbonyl (C=O) groups is 1. The highest BCUT2D eigenvalue weighted by molar-refractivity contribution is 5.93.